The number of aromatic nitrogens is 1. The Morgan fingerprint density at radius 2 is 2.21 bits per heavy atom. The van der Waals surface area contributed by atoms with Crippen molar-refractivity contribution in [3.8, 4) is 0 Å². The number of carbonyl (C=O) groups excluding carboxylic acids is 1. The highest BCUT2D eigenvalue weighted by atomic mass is 32.2. The summed E-state index contributed by atoms with van der Waals surface area (Å²) in [5, 5.41) is 1.10. The highest BCUT2D eigenvalue weighted by Crippen LogP contribution is 2.20. The van der Waals surface area contributed by atoms with Gasteiger partial charge in [0.25, 0.3) is 0 Å². The van der Waals surface area contributed by atoms with Crippen LogP contribution in [0.25, 0.3) is 10.9 Å². The lowest BCUT2D eigenvalue weighted by Crippen LogP contribution is -2.43. The van der Waals surface area contributed by atoms with Gasteiger partial charge in [-0.3, -0.25) is 4.79 Å². The van der Waals surface area contributed by atoms with Crippen molar-refractivity contribution in [2.45, 2.75) is 18.9 Å². The highest BCUT2D eigenvalue weighted by Gasteiger charge is 2.34. The summed E-state index contributed by atoms with van der Waals surface area (Å²) in [5.41, 5.74) is 1.91. The number of methoxy groups -OCH3 is 1. The van der Waals surface area contributed by atoms with Crippen LogP contribution >= 0.6 is 0 Å². The van der Waals surface area contributed by atoms with Gasteiger partial charge in [-0.25, -0.2) is 8.42 Å². The van der Waals surface area contributed by atoms with E-state index in [9.17, 15) is 13.2 Å². The molecule has 1 fully saturated rings. The monoisotopic (exact) mass is 350 g/mol. The summed E-state index contributed by atoms with van der Waals surface area (Å²) in [4.78, 5) is 17.6. The lowest BCUT2D eigenvalue weighted by atomic mass is 10.1. The fourth-order valence-electron chi connectivity index (χ4n) is 3.20. The van der Waals surface area contributed by atoms with Gasteiger partial charge in [-0.2, -0.15) is 0 Å². The number of hydrogen-bond acceptors (Lipinski definition) is 4. The van der Waals surface area contributed by atoms with Gasteiger partial charge in [0, 0.05) is 31.4 Å². The topological polar surface area (TPSA) is 79.5 Å². The SMILES string of the molecule is COCCN(C(=O)Cc1ccc2cc[nH]c2c1)C1CCS(=O)(=O)C1. The standard InChI is InChI=1S/C17H22N2O4S/c1-23-8-7-19(15-5-9-24(21,22)12-15)17(20)11-13-2-3-14-4-6-18-16(14)10-13/h2-4,6,10,15,18H,5,7-9,11-12H2,1H3. The molecule has 0 spiro atoms. The molecule has 3 rings (SSSR count). The zero-order valence-electron chi connectivity index (χ0n) is 13.7. The Morgan fingerprint density at radius 1 is 1.38 bits per heavy atom. The molecule has 1 aliphatic rings. The number of sulfone groups is 1. The largest absolute Gasteiger partial charge is 0.383 e. The second-order valence-electron chi connectivity index (χ2n) is 6.21. The molecule has 0 radical (unpaired) electrons. The van der Waals surface area contributed by atoms with E-state index in [2.05, 4.69) is 4.98 Å². The third-order valence-electron chi connectivity index (χ3n) is 4.48. The maximum Gasteiger partial charge on any atom is 0.227 e. The van der Waals surface area contributed by atoms with E-state index in [4.69, 9.17) is 4.74 Å². The third kappa shape index (κ3) is 3.79. The first kappa shape index (κ1) is 17.0. The van der Waals surface area contributed by atoms with Crippen LogP contribution in [0.2, 0.25) is 0 Å². The summed E-state index contributed by atoms with van der Waals surface area (Å²) in [5.74, 6) is 0.154. The molecule has 0 bridgehead atoms. The number of rotatable bonds is 6. The molecule has 24 heavy (non-hydrogen) atoms. The zero-order valence-corrected chi connectivity index (χ0v) is 14.5. The number of hydrogen-bond donors (Lipinski definition) is 1. The lowest BCUT2D eigenvalue weighted by molar-refractivity contribution is -0.133. The van der Waals surface area contributed by atoms with E-state index in [0.717, 1.165) is 16.5 Å². The molecule has 2 heterocycles. The minimum atomic E-state index is -3.03. The average Bonchev–Trinajstić information content (AvgIpc) is 3.13. The second-order valence-corrected chi connectivity index (χ2v) is 8.44. The first-order valence-corrected chi connectivity index (χ1v) is 9.85. The molecule has 1 atom stereocenters. The van der Waals surface area contributed by atoms with Crippen molar-refractivity contribution in [3.05, 3.63) is 36.0 Å². The minimum absolute atomic E-state index is 0.0537. The Hall–Kier alpha value is -1.86. The minimum Gasteiger partial charge on any atom is -0.383 e. The number of H-pyrrole nitrogens is 1. The van der Waals surface area contributed by atoms with E-state index in [1.54, 1.807) is 12.0 Å². The Morgan fingerprint density at radius 3 is 2.92 bits per heavy atom. The van der Waals surface area contributed by atoms with Crippen molar-refractivity contribution in [3.63, 3.8) is 0 Å². The second kappa shape index (κ2) is 6.94. The third-order valence-corrected chi connectivity index (χ3v) is 6.23. The fraction of sp³-hybridized carbons (Fsp3) is 0.471. The van der Waals surface area contributed by atoms with E-state index in [1.165, 1.54) is 0 Å². The number of carbonyl (C=O) groups is 1. The van der Waals surface area contributed by atoms with Crippen LogP contribution < -0.4 is 0 Å². The van der Waals surface area contributed by atoms with Crippen LogP contribution in [-0.2, 0) is 25.8 Å². The Balaban J connectivity index is 1.75. The summed E-state index contributed by atoms with van der Waals surface area (Å²) in [6, 6.07) is 7.62. The van der Waals surface area contributed by atoms with Crippen molar-refractivity contribution in [1.29, 1.82) is 0 Å². The van der Waals surface area contributed by atoms with Crippen LogP contribution in [0, 0.1) is 0 Å². The van der Waals surface area contributed by atoms with Gasteiger partial charge in [0.2, 0.25) is 5.91 Å². The molecule has 0 saturated carbocycles. The quantitative estimate of drug-likeness (QED) is 0.853. The zero-order chi connectivity index (χ0) is 17.2. The Labute approximate surface area is 141 Å². The molecule has 1 unspecified atom stereocenters. The van der Waals surface area contributed by atoms with E-state index >= 15 is 0 Å². The molecule has 2 aromatic rings. The molecule has 1 saturated heterocycles. The molecule has 1 aliphatic heterocycles. The molecule has 7 heteroatoms. The van der Waals surface area contributed by atoms with Crippen molar-refractivity contribution in [2.24, 2.45) is 0 Å². The van der Waals surface area contributed by atoms with Crippen LogP contribution in [0.1, 0.15) is 12.0 Å². The maximum atomic E-state index is 12.8. The first-order chi connectivity index (χ1) is 11.5. The molecule has 6 nitrogen and oxygen atoms in total. The van der Waals surface area contributed by atoms with E-state index in [1.807, 2.05) is 30.5 Å². The number of amides is 1. The maximum absolute atomic E-state index is 12.8. The number of fused-ring (bicyclic) bond motifs is 1. The highest BCUT2D eigenvalue weighted by molar-refractivity contribution is 7.91. The Bertz CT molecular complexity index is 828. The summed E-state index contributed by atoms with van der Waals surface area (Å²) >= 11 is 0. The van der Waals surface area contributed by atoms with Crippen LogP contribution in [0.3, 0.4) is 0 Å². The smallest absolute Gasteiger partial charge is 0.227 e. The normalized spacial score (nSPS) is 19.6. The van der Waals surface area contributed by atoms with E-state index < -0.39 is 9.84 Å². The number of nitrogens with zero attached hydrogens (tertiary/aromatic N) is 1. The number of ether oxygens (including phenoxy) is 1. The van der Waals surface area contributed by atoms with E-state index in [0.29, 0.717) is 19.6 Å². The van der Waals surface area contributed by atoms with Crippen LogP contribution in [0.5, 0.6) is 0 Å². The molecular formula is C17H22N2O4S. The number of nitrogens with one attached hydrogen (secondary N) is 1. The van der Waals surface area contributed by atoms with Gasteiger partial charge in [0.05, 0.1) is 24.5 Å². The van der Waals surface area contributed by atoms with Crippen LogP contribution in [0.15, 0.2) is 30.5 Å². The van der Waals surface area contributed by atoms with Crippen molar-refractivity contribution >= 4 is 26.6 Å². The van der Waals surface area contributed by atoms with Gasteiger partial charge < -0.3 is 14.6 Å². The van der Waals surface area contributed by atoms with Gasteiger partial charge in [0.15, 0.2) is 9.84 Å². The first-order valence-electron chi connectivity index (χ1n) is 8.03. The molecule has 1 N–H and O–H groups in total. The van der Waals surface area contributed by atoms with Crippen LogP contribution in [-0.4, -0.2) is 62.0 Å². The summed E-state index contributed by atoms with van der Waals surface area (Å²) in [6.45, 7) is 0.818. The van der Waals surface area contributed by atoms with Gasteiger partial charge in [-0.1, -0.05) is 12.1 Å². The van der Waals surface area contributed by atoms with Gasteiger partial charge >= 0.3 is 0 Å². The molecular weight excluding hydrogens is 328 g/mol. The summed E-state index contributed by atoms with van der Waals surface area (Å²) in [7, 11) is -1.46. The average molecular weight is 350 g/mol. The number of benzene rings is 1. The summed E-state index contributed by atoms with van der Waals surface area (Å²) in [6.07, 6.45) is 2.63. The van der Waals surface area contributed by atoms with Gasteiger partial charge in [-0.15, -0.1) is 0 Å². The molecule has 1 aromatic heterocycles. The van der Waals surface area contributed by atoms with Crippen molar-refractivity contribution in [2.75, 3.05) is 31.8 Å². The molecule has 1 aromatic carbocycles. The predicted molar refractivity (Wildman–Crippen MR) is 92.7 cm³/mol. The molecule has 1 amide bonds. The lowest BCUT2D eigenvalue weighted by Gasteiger charge is -2.28. The summed E-state index contributed by atoms with van der Waals surface area (Å²) < 4.78 is 28.6. The fourth-order valence-corrected chi connectivity index (χ4v) is 4.93. The molecule has 130 valence electrons. The van der Waals surface area contributed by atoms with Crippen molar-refractivity contribution in [1.82, 2.24) is 9.88 Å². The Kier molecular flexibility index (Phi) is 4.91. The van der Waals surface area contributed by atoms with Crippen LogP contribution in [0.4, 0.5) is 0 Å². The van der Waals surface area contributed by atoms with E-state index in [-0.39, 0.29) is 29.9 Å². The van der Waals surface area contributed by atoms with Crippen molar-refractivity contribution < 1.29 is 17.9 Å². The van der Waals surface area contributed by atoms with Gasteiger partial charge in [0.1, 0.15) is 0 Å². The predicted octanol–water partition coefficient (Wildman–Crippen LogP) is 1.37. The van der Waals surface area contributed by atoms with Gasteiger partial charge in [-0.05, 0) is 29.5 Å². The number of aromatic amines is 1. The molecule has 0 aliphatic carbocycles.